The number of benzene rings is 3. The number of nitrogens with zero attached hydrogens (tertiary/aromatic N) is 1. The molecule has 1 amide bonds. The predicted octanol–water partition coefficient (Wildman–Crippen LogP) is 5.23. The Morgan fingerprint density at radius 3 is 2.25 bits per heavy atom. The summed E-state index contributed by atoms with van der Waals surface area (Å²) >= 11 is 0. The van der Waals surface area contributed by atoms with Gasteiger partial charge in [0.25, 0.3) is 11.5 Å². The molecule has 0 saturated carbocycles. The second-order valence-electron chi connectivity index (χ2n) is 8.46. The number of nitrogens with one attached hydrogen (secondary N) is 1. The zero-order valence-corrected chi connectivity index (χ0v) is 18.7. The minimum atomic E-state index is -1.19. The monoisotopic (exact) mass is 500 g/mol. The van der Waals surface area contributed by atoms with Crippen LogP contribution in [0.15, 0.2) is 53.3 Å². The van der Waals surface area contributed by atoms with Gasteiger partial charge in [-0.1, -0.05) is 6.07 Å². The lowest BCUT2D eigenvalue weighted by molar-refractivity contribution is 0.0335. The van der Waals surface area contributed by atoms with E-state index in [2.05, 4.69) is 4.98 Å². The molecule has 1 unspecified atom stereocenters. The molecule has 0 bridgehead atoms. The van der Waals surface area contributed by atoms with Gasteiger partial charge in [0.2, 0.25) is 0 Å². The molecule has 1 aliphatic heterocycles. The molecule has 0 aliphatic carbocycles. The topological polar surface area (TPSA) is 62.4 Å². The summed E-state index contributed by atoms with van der Waals surface area (Å²) in [4.78, 5) is 29.5. The van der Waals surface area contributed by atoms with Crippen molar-refractivity contribution in [1.82, 2.24) is 9.88 Å². The van der Waals surface area contributed by atoms with Crippen LogP contribution in [0.4, 0.5) is 22.0 Å². The third kappa shape index (κ3) is 4.03. The van der Waals surface area contributed by atoms with Crippen LogP contribution in [-0.4, -0.2) is 29.4 Å². The van der Waals surface area contributed by atoms with E-state index < -0.39 is 46.6 Å². The van der Waals surface area contributed by atoms with E-state index >= 15 is 0 Å². The van der Waals surface area contributed by atoms with Crippen molar-refractivity contribution >= 4 is 16.7 Å². The number of carbonyl (C=O) groups is 1. The van der Waals surface area contributed by atoms with E-state index in [9.17, 15) is 31.5 Å². The molecule has 1 aliphatic rings. The van der Waals surface area contributed by atoms with E-state index in [-0.39, 0.29) is 40.7 Å². The Labute approximate surface area is 200 Å². The summed E-state index contributed by atoms with van der Waals surface area (Å²) in [5.41, 5.74) is -0.125. The van der Waals surface area contributed by atoms with Crippen molar-refractivity contribution in [1.29, 1.82) is 0 Å². The van der Waals surface area contributed by atoms with Crippen LogP contribution in [0.2, 0.25) is 0 Å². The van der Waals surface area contributed by atoms with Crippen LogP contribution >= 0.6 is 0 Å². The number of carbonyl (C=O) groups excluding carboxylic acids is 1. The fraction of sp³-hybridized carbons (Fsp3) is 0.154. The molecular formula is C26H17F5N2O3. The molecule has 1 aromatic heterocycles. The highest BCUT2D eigenvalue weighted by Crippen LogP contribution is 2.34. The summed E-state index contributed by atoms with van der Waals surface area (Å²) in [7, 11) is 1.43. The quantitative estimate of drug-likeness (QED) is 0.392. The van der Waals surface area contributed by atoms with Crippen molar-refractivity contribution in [2.45, 2.75) is 12.6 Å². The van der Waals surface area contributed by atoms with Crippen LogP contribution in [0.25, 0.3) is 21.9 Å². The predicted molar refractivity (Wildman–Crippen MR) is 121 cm³/mol. The third-order valence-corrected chi connectivity index (χ3v) is 6.22. The maximum atomic E-state index is 14.9. The number of halogens is 5. The Morgan fingerprint density at radius 2 is 1.58 bits per heavy atom. The molecule has 0 spiro atoms. The Bertz CT molecular complexity index is 1580. The molecule has 36 heavy (non-hydrogen) atoms. The summed E-state index contributed by atoms with van der Waals surface area (Å²) in [5.74, 6) is -5.58. The van der Waals surface area contributed by atoms with E-state index in [0.717, 1.165) is 30.3 Å². The largest absolute Gasteiger partial charge is 0.373 e. The van der Waals surface area contributed by atoms with Gasteiger partial charge in [0.1, 0.15) is 17.5 Å². The van der Waals surface area contributed by atoms with E-state index in [1.54, 1.807) is 0 Å². The molecule has 4 aromatic rings. The van der Waals surface area contributed by atoms with E-state index in [0.29, 0.717) is 17.3 Å². The first kappa shape index (κ1) is 23.7. The minimum Gasteiger partial charge on any atom is -0.373 e. The molecule has 10 heteroatoms. The number of amides is 1. The fourth-order valence-electron chi connectivity index (χ4n) is 4.48. The summed E-state index contributed by atoms with van der Waals surface area (Å²) < 4.78 is 75.4. The van der Waals surface area contributed by atoms with Crippen LogP contribution < -0.4 is 5.56 Å². The molecule has 1 N–H and O–H groups in total. The summed E-state index contributed by atoms with van der Waals surface area (Å²) in [6, 6.07) is 6.98. The summed E-state index contributed by atoms with van der Waals surface area (Å²) in [5, 5.41) is 0.0494. The number of ether oxygens (including phenoxy) is 1. The van der Waals surface area contributed by atoms with Gasteiger partial charge >= 0.3 is 0 Å². The van der Waals surface area contributed by atoms with Gasteiger partial charge in [0.15, 0.2) is 11.6 Å². The molecule has 5 nitrogen and oxygen atoms in total. The summed E-state index contributed by atoms with van der Waals surface area (Å²) in [6.07, 6.45) is 0. The number of hydrogen-bond acceptors (Lipinski definition) is 3. The maximum Gasteiger partial charge on any atom is 0.256 e. The lowest BCUT2D eigenvalue weighted by atomic mass is 9.95. The van der Waals surface area contributed by atoms with Crippen LogP contribution in [0.1, 0.15) is 27.7 Å². The van der Waals surface area contributed by atoms with Gasteiger partial charge in [-0.2, -0.15) is 0 Å². The number of hydrogen-bond donors (Lipinski definition) is 1. The number of aromatic amines is 1. The van der Waals surface area contributed by atoms with E-state index in [1.807, 2.05) is 0 Å². The highest BCUT2D eigenvalue weighted by molar-refractivity contribution is 5.95. The number of pyridine rings is 1. The Morgan fingerprint density at radius 1 is 0.917 bits per heavy atom. The first-order valence-corrected chi connectivity index (χ1v) is 10.8. The van der Waals surface area contributed by atoms with Crippen LogP contribution in [-0.2, 0) is 11.3 Å². The molecule has 1 atom stereocenters. The van der Waals surface area contributed by atoms with Crippen molar-refractivity contribution in [2.24, 2.45) is 0 Å². The lowest BCUT2D eigenvalue weighted by Crippen LogP contribution is -2.37. The van der Waals surface area contributed by atoms with Gasteiger partial charge in [0.05, 0.1) is 24.6 Å². The SMILES string of the molecule is CN(C(=O)c1ccc(-c2cc(F)cc(F)c2)c(F)c1)C1COCc2[nH]c(=O)c3cc(F)c(F)cc3c21. The van der Waals surface area contributed by atoms with Gasteiger partial charge in [-0.25, -0.2) is 22.0 Å². The molecule has 5 rings (SSSR count). The fourth-order valence-corrected chi connectivity index (χ4v) is 4.48. The van der Waals surface area contributed by atoms with Crippen molar-refractivity contribution in [3.63, 3.8) is 0 Å². The van der Waals surface area contributed by atoms with Crippen LogP contribution in [0.5, 0.6) is 0 Å². The molecule has 184 valence electrons. The third-order valence-electron chi connectivity index (χ3n) is 6.22. The molecule has 0 saturated heterocycles. The van der Waals surface area contributed by atoms with Gasteiger partial charge in [-0.3, -0.25) is 9.59 Å². The van der Waals surface area contributed by atoms with Gasteiger partial charge < -0.3 is 14.6 Å². The second kappa shape index (κ2) is 8.87. The minimum absolute atomic E-state index is 0.00837. The Balaban J connectivity index is 1.53. The molecule has 0 radical (unpaired) electrons. The number of aromatic nitrogens is 1. The number of rotatable bonds is 3. The smallest absolute Gasteiger partial charge is 0.256 e. The number of fused-ring (bicyclic) bond motifs is 3. The van der Waals surface area contributed by atoms with Crippen molar-refractivity contribution < 1.29 is 31.5 Å². The maximum absolute atomic E-state index is 14.9. The number of likely N-dealkylation sites (N-methyl/N-ethyl adjacent to an activating group) is 1. The van der Waals surface area contributed by atoms with Crippen molar-refractivity contribution in [3.05, 3.63) is 105 Å². The van der Waals surface area contributed by atoms with Gasteiger partial charge in [-0.05, 0) is 47.3 Å². The zero-order valence-electron chi connectivity index (χ0n) is 18.7. The molecule has 2 heterocycles. The molecular weight excluding hydrogens is 483 g/mol. The van der Waals surface area contributed by atoms with Crippen LogP contribution in [0.3, 0.4) is 0 Å². The standard InChI is InChI=1S/C26H17F5N2O3/c1-33(26(35)12-2-3-16(19(29)6-12)13-4-14(27)7-15(28)5-13)23-11-36-10-22-24(23)17-8-20(30)21(31)9-18(17)25(34)32-22/h2-9,23H,10-11H2,1H3,(H,32,34). The van der Waals surface area contributed by atoms with Crippen molar-refractivity contribution in [2.75, 3.05) is 13.7 Å². The van der Waals surface area contributed by atoms with Gasteiger partial charge in [0, 0.05) is 35.5 Å². The second-order valence-corrected chi connectivity index (χ2v) is 8.46. The molecule has 3 aromatic carbocycles. The number of H-pyrrole nitrogens is 1. The summed E-state index contributed by atoms with van der Waals surface area (Å²) in [6.45, 7) is -0.0237. The normalized spacial score (nSPS) is 15.1. The lowest BCUT2D eigenvalue weighted by Gasteiger charge is -2.34. The van der Waals surface area contributed by atoms with Gasteiger partial charge in [-0.15, -0.1) is 0 Å². The first-order valence-electron chi connectivity index (χ1n) is 10.8. The molecule has 0 fully saturated rings. The van der Waals surface area contributed by atoms with E-state index in [4.69, 9.17) is 4.74 Å². The average Bonchev–Trinajstić information content (AvgIpc) is 2.83. The Hall–Kier alpha value is -4.05. The van der Waals surface area contributed by atoms with E-state index in [1.165, 1.54) is 24.1 Å². The highest BCUT2D eigenvalue weighted by Gasteiger charge is 2.31. The first-order chi connectivity index (χ1) is 17.1. The van der Waals surface area contributed by atoms with Crippen LogP contribution in [0, 0.1) is 29.1 Å². The van der Waals surface area contributed by atoms with Crippen molar-refractivity contribution in [3.8, 4) is 11.1 Å². The Kier molecular flexibility index (Phi) is 5.83. The zero-order chi connectivity index (χ0) is 25.7. The highest BCUT2D eigenvalue weighted by atomic mass is 19.2. The average molecular weight is 500 g/mol.